The zero-order chi connectivity index (χ0) is 29.4. The van der Waals surface area contributed by atoms with Crippen molar-refractivity contribution in [1.29, 1.82) is 0 Å². The number of ether oxygens (including phenoxy) is 5. The molecule has 3 rings (SSSR count). The van der Waals surface area contributed by atoms with Crippen molar-refractivity contribution in [3.05, 3.63) is 0 Å². The lowest BCUT2D eigenvalue weighted by Crippen LogP contribution is -2.68. The van der Waals surface area contributed by atoms with Crippen molar-refractivity contribution in [3.8, 4) is 0 Å². The number of aliphatic hydroxyl groups is 8. The van der Waals surface area contributed by atoms with Gasteiger partial charge in [0.05, 0.1) is 12.7 Å². The van der Waals surface area contributed by atoms with E-state index in [4.69, 9.17) is 23.7 Å². The number of hydrogen-bond acceptors (Lipinski definition) is 16. The van der Waals surface area contributed by atoms with Gasteiger partial charge in [-0.15, -0.1) is 0 Å². The van der Waals surface area contributed by atoms with Gasteiger partial charge in [-0.1, -0.05) is 0 Å². The Morgan fingerprint density at radius 2 is 1.41 bits per heavy atom. The van der Waals surface area contributed by atoms with Gasteiger partial charge < -0.3 is 69.9 Å². The molecule has 0 aliphatic carbocycles. The van der Waals surface area contributed by atoms with Crippen LogP contribution in [0.1, 0.15) is 13.8 Å². The van der Waals surface area contributed by atoms with Crippen molar-refractivity contribution in [3.63, 3.8) is 0 Å². The monoisotopic (exact) mass is 593 g/mol. The standard InChI is InChI=1S/C20H35NO17S/c1-5-10(24)13(27)15(29)19(34-5)38-17-14(28)11(25)7(3-22)36-20(17)37-16-8(4-39(31,32)33)35-18(30)9(12(16)26)21-6(2)23/h5,7-20,22,24-30H,3-4H2,1-2H3,(H,21,23)(H,31,32,33)/t5-,7+,8+,9+,10+,11-,12+,13+,14-,15-,16+,17+,18+,19-,20-/m0/s1. The summed E-state index contributed by atoms with van der Waals surface area (Å²) < 4.78 is 59.8. The average molecular weight is 594 g/mol. The van der Waals surface area contributed by atoms with Gasteiger partial charge in [0.15, 0.2) is 18.9 Å². The summed E-state index contributed by atoms with van der Waals surface area (Å²) in [6.45, 7) is 1.54. The maximum Gasteiger partial charge on any atom is 0.267 e. The third kappa shape index (κ3) is 7.39. The molecule has 3 aliphatic heterocycles. The van der Waals surface area contributed by atoms with E-state index in [1.165, 1.54) is 6.92 Å². The molecule has 228 valence electrons. The van der Waals surface area contributed by atoms with Crippen LogP contribution in [0.5, 0.6) is 0 Å². The molecular formula is C20H35NO17S. The Morgan fingerprint density at radius 1 is 0.795 bits per heavy atom. The van der Waals surface area contributed by atoms with E-state index in [2.05, 4.69) is 5.32 Å². The summed E-state index contributed by atoms with van der Waals surface area (Å²) in [6.07, 6.45) is -24.4. The lowest BCUT2D eigenvalue weighted by molar-refractivity contribution is -0.380. The molecule has 0 unspecified atom stereocenters. The zero-order valence-corrected chi connectivity index (χ0v) is 21.6. The Morgan fingerprint density at radius 3 is 1.97 bits per heavy atom. The van der Waals surface area contributed by atoms with Crippen LogP contribution in [-0.4, -0.2) is 164 Å². The van der Waals surface area contributed by atoms with E-state index in [1.807, 2.05) is 0 Å². The second kappa shape index (κ2) is 12.8. The minimum Gasteiger partial charge on any atom is -0.394 e. The van der Waals surface area contributed by atoms with Crippen LogP contribution in [0, 0.1) is 0 Å². The summed E-state index contributed by atoms with van der Waals surface area (Å²) in [5, 5.41) is 84.4. The van der Waals surface area contributed by atoms with Gasteiger partial charge in [-0.3, -0.25) is 9.35 Å². The molecule has 3 saturated heterocycles. The van der Waals surface area contributed by atoms with E-state index < -0.39 is 120 Å². The Kier molecular flexibility index (Phi) is 10.6. The fourth-order valence-electron chi connectivity index (χ4n) is 4.58. The fraction of sp³-hybridized carbons (Fsp3) is 0.950. The Balaban J connectivity index is 1.93. The molecule has 0 radical (unpaired) electrons. The largest absolute Gasteiger partial charge is 0.394 e. The quantitative estimate of drug-likeness (QED) is 0.117. The number of amides is 1. The number of aliphatic hydroxyl groups excluding tert-OH is 8. The second-order valence-electron chi connectivity index (χ2n) is 9.62. The molecule has 0 aromatic rings. The van der Waals surface area contributed by atoms with Crippen LogP contribution in [0.25, 0.3) is 0 Å². The van der Waals surface area contributed by atoms with Crippen LogP contribution >= 0.6 is 0 Å². The molecule has 10 N–H and O–H groups in total. The van der Waals surface area contributed by atoms with Crippen molar-refractivity contribution >= 4 is 16.0 Å². The highest BCUT2D eigenvalue weighted by Crippen LogP contribution is 2.33. The molecule has 3 aliphatic rings. The SMILES string of the molecule is CC(=O)N[C@@H]1[C@@H](O)[C@H](O[C@@H]2O[C@H](CO)[C@H](O)[C@H](O)[C@H]2O[C@@H]2O[C@@H](C)[C@@H](O)[C@@H](O)[C@@H]2O)[C@@H](CS(=O)(=O)O)O[C@H]1O. The van der Waals surface area contributed by atoms with Crippen LogP contribution in [0.15, 0.2) is 0 Å². The first kappa shape index (κ1) is 32.4. The van der Waals surface area contributed by atoms with E-state index in [1.54, 1.807) is 0 Å². The molecule has 0 aromatic carbocycles. The first-order valence-corrected chi connectivity index (χ1v) is 13.5. The lowest BCUT2D eigenvalue weighted by Gasteiger charge is -2.48. The number of carbonyl (C=O) groups excluding carboxylic acids is 1. The molecule has 39 heavy (non-hydrogen) atoms. The van der Waals surface area contributed by atoms with Gasteiger partial charge in [-0.05, 0) is 6.92 Å². The summed E-state index contributed by atoms with van der Waals surface area (Å²) in [5.74, 6) is -1.93. The van der Waals surface area contributed by atoms with Crippen LogP contribution in [0.4, 0.5) is 0 Å². The van der Waals surface area contributed by atoms with E-state index in [0.717, 1.165) is 6.92 Å². The van der Waals surface area contributed by atoms with Crippen LogP contribution in [0.2, 0.25) is 0 Å². The normalized spacial score (nSPS) is 47.5. The average Bonchev–Trinajstić information content (AvgIpc) is 2.84. The molecular weight excluding hydrogens is 558 g/mol. The maximum atomic E-state index is 11.6. The van der Waals surface area contributed by atoms with E-state index in [9.17, 15) is 58.6 Å². The van der Waals surface area contributed by atoms with Crippen molar-refractivity contribution in [2.24, 2.45) is 0 Å². The number of rotatable bonds is 8. The van der Waals surface area contributed by atoms with Gasteiger partial charge >= 0.3 is 0 Å². The fourth-order valence-corrected chi connectivity index (χ4v) is 5.26. The molecule has 0 aromatic heterocycles. The van der Waals surface area contributed by atoms with E-state index in [-0.39, 0.29) is 0 Å². The van der Waals surface area contributed by atoms with Crippen LogP contribution in [0.3, 0.4) is 0 Å². The molecule has 19 heteroatoms. The molecule has 3 fully saturated rings. The van der Waals surface area contributed by atoms with E-state index in [0.29, 0.717) is 0 Å². The van der Waals surface area contributed by atoms with Gasteiger partial charge in [-0.2, -0.15) is 8.42 Å². The molecule has 3 heterocycles. The summed E-state index contributed by atoms with van der Waals surface area (Å²) in [4.78, 5) is 11.6. The maximum absolute atomic E-state index is 11.6. The topological polar surface area (TPSA) is 291 Å². The third-order valence-electron chi connectivity index (χ3n) is 6.65. The minimum absolute atomic E-state index is 0.721. The Hall–Kier alpha value is -1.14. The predicted molar refractivity (Wildman–Crippen MR) is 121 cm³/mol. The lowest BCUT2D eigenvalue weighted by atomic mass is 9.95. The van der Waals surface area contributed by atoms with Gasteiger partial charge in [0.1, 0.15) is 72.8 Å². The Bertz CT molecular complexity index is 939. The number of carbonyl (C=O) groups is 1. The van der Waals surface area contributed by atoms with Crippen molar-refractivity contribution in [2.75, 3.05) is 12.4 Å². The number of hydrogen-bond donors (Lipinski definition) is 10. The second-order valence-corrected chi connectivity index (χ2v) is 11.1. The molecule has 0 spiro atoms. The molecule has 15 atom stereocenters. The highest BCUT2D eigenvalue weighted by atomic mass is 32.2. The van der Waals surface area contributed by atoms with Gasteiger partial charge in [0.2, 0.25) is 5.91 Å². The predicted octanol–water partition coefficient (Wildman–Crippen LogP) is -6.51. The van der Waals surface area contributed by atoms with Gasteiger partial charge in [0, 0.05) is 6.92 Å². The smallest absolute Gasteiger partial charge is 0.267 e. The summed E-state index contributed by atoms with van der Waals surface area (Å²) in [5.41, 5.74) is 0. The number of nitrogens with one attached hydrogen (secondary N) is 1. The van der Waals surface area contributed by atoms with E-state index >= 15 is 0 Å². The molecule has 0 saturated carbocycles. The van der Waals surface area contributed by atoms with Gasteiger partial charge in [0.25, 0.3) is 10.1 Å². The first-order chi connectivity index (χ1) is 18.0. The molecule has 0 bridgehead atoms. The minimum atomic E-state index is -4.80. The molecule has 18 nitrogen and oxygen atoms in total. The third-order valence-corrected chi connectivity index (χ3v) is 7.40. The van der Waals surface area contributed by atoms with Crippen LogP contribution in [-0.2, 0) is 38.6 Å². The molecule has 1 amide bonds. The van der Waals surface area contributed by atoms with Crippen molar-refractivity contribution < 1.29 is 82.3 Å². The summed E-state index contributed by atoms with van der Waals surface area (Å²) in [7, 11) is -4.80. The van der Waals surface area contributed by atoms with Crippen LogP contribution < -0.4 is 5.32 Å². The Labute approximate surface area is 222 Å². The highest BCUT2D eigenvalue weighted by Gasteiger charge is 2.54. The zero-order valence-electron chi connectivity index (χ0n) is 20.8. The van der Waals surface area contributed by atoms with Crippen molar-refractivity contribution in [1.82, 2.24) is 5.32 Å². The first-order valence-electron chi connectivity index (χ1n) is 11.9. The highest BCUT2D eigenvalue weighted by molar-refractivity contribution is 7.85. The summed E-state index contributed by atoms with van der Waals surface area (Å²) in [6, 6.07) is -1.57. The summed E-state index contributed by atoms with van der Waals surface area (Å²) >= 11 is 0. The van der Waals surface area contributed by atoms with Gasteiger partial charge in [-0.25, -0.2) is 0 Å². The van der Waals surface area contributed by atoms with Crippen molar-refractivity contribution in [2.45, 2.75) is 106 Å².